The molecule has 7 nitrogen and oxygen atoms in total. The summed E-state index contributed by atoms with van der Waals surface area (Å²) >= 11 is 3.42. The van der Waals surface area contributed by atoms with E-state index in [0.29, 0.717) is 21.6 Å². The van der Waals surface area contributed by atoms with Gasteiger partial charge < -0.3 is 15.0 Å². The van der Waals surface area contributed by atoms with Gasteiger partial charge in [-0.2, -0.15) is 0 Å². The number of rotatable bonds is 6. The molecule has 2 aromatic carbocycles. The van der Waals surface area contributed by atoms with Crippen molar-refractivity contribution < 1.29 is 9.53 Å². The summed E-state index contributed by atoms with van der Waals surface area (Å²) in [6.45, 7) is 4.61. The topological polar surface area (TPSA) is 70.6 Å². The number of carbonyl (C=O) groups excluding carboxylic acids is 1. The van der Waals surface area contributed by atoms with E-state index in [1.54, 1.807) is 25.3 Å². The molecular formula is C23H24BrN5O2. The van der Waals surface area contributed by atoms with E-state index in [-0.39, 0.29) is 5.91 Å². The van der Waals surface area contributed by atoms with Crippen LogP contribution in [0.2, 0.25) is 0 Å². The number of anilines is 2. The number of hydrogen-bond acceptors (Lipinski definition) is 6. The number of nitrogens with zero attached hydrogens (tertiary/aromatic N) is 4. The van der Waals surface area contributed by atoms with Gasteiger partial charge in [0, 0.05) is 43.3 Å². The fraction of sp³-hybridized carbons (Fsp3) is 0.261. The Balaban J connectivity index is 1.38. The average molecular weight is 482 g/mol. The summed E-state index contributed by atoms with van der Waals surface area (Å²) in [7, 11) is 1.57. The number of nitrogens with one attached hydrogen (secondary N) is 1. The van der Waals surface area contributed by atoms with Crippen molar-refractivity contribution in [1.82, 2.24) is 14.9 Å². The van der Waals surface area contributed by atoms with E-state index in [2.05, 4.69) is 65.3 Å². The summed E-state index contributed by atoms with van der Waals surface area (Å²) in [6.07, 6.45) is 1.49. The lowest BCUT2D eigenvalue weighted by molar-refractivity contribution is 0.102. The maximum Gasteiger partial charge on any atom is 0.258 e. The molecular weight excluding hydrogens is 458 g/mol. The van der Waals surface area contributed by atoms with Gasteiger partial charge in [-0.05, 0) is 39.7 Å². The van der Waals surface area contributed by atoms with Crippen LogP contribution >= 0.6 is 15.9 Å². The van der Waals surface area contributed by atoms with Gasteiger partial charge in [-0.1, -0.05) is 30.3 Å². The first-order valence-corrected chi connectivity index (χ1v) is 10.9. The number of ether oxygens (including phenoxy) is 1. The Kier molecular flexibility index (Phi) is 6.79. The van der Waals surface area contributed by atoms with Crippen molar-refractivity contribution in [3.63, 3.8) is 0 Å². The number of hydrogen-bond donors (Lipinski definition) is 1. The fourth-order valence-electron chi connectivity index (χ4n) is 3.55. The van der Waals surface area contributed by atoms with Gasteiger partial charge in [0.1, 0.15) is 23.7 Å². The Morgan fingerprint density at radius 3 is 2.58 bits per heavy atom. The van der Waals surface area contributed by atoms with E-state index in [4.69, 9.17) is 4.74 Å². The van der Waals surface area contributed by atoms with Gasteiger partial charge in [0.15, 0.2) is 0 Å². The molecule has 1 amide bonds. The van der Waals surface area contributed by atoms with Crippen LogP contribution in [0.4, 0.5) is 11.6 Å². The predicted octanol–water partition coefficient (Wildman–Crippen LogP) is 3.82. The zero-order valence-corrected chi connectivity index (χ0v) is 18.9. The minimum absolute atomic E-state index is 0.261. The van der Waals surface area contributed by atoms with E-state index < -0.39 is 0 Å². The highest BCUT2D eigenvalue weighted by Crippen LogP contribution is 2.24. The molecule has 0 bridgehead atoms. The summed E-state index contributed by atoms with van der Waals surface area (Å²) in [4.78, 5) is 26.0. The van der Waals surface area contributed by atoms with Crippen LogP contribution in [0.3, 0.4) is 0 Å². The van der Waals surface area contributed by atoms with E-state index in [9.17, 15) is 4.79 Å². The molecule has 1 aliphatic heterocycles. The molecule has 0 radical (unpaired) electrons. The van der Waals surface area contributed by atoms with Gasteiger partial charge in [-0.3, -0.25) is 9.69 Å². The number of halogens is 1. The van der Waals surface area contributed by atoms with E-state index in [1.165, 1.54) is 11.9 Å². The second kappa shape index (κ2) is 9.89. The van der Waals surface area contributed by atoms with Gasteiger partial charge in [0.25, 0.3) is 5.91 Å². The van der Waals surface area contributed by atoms with E-state index >= 15 is 0 Å². The first-order chi connectivity index (χ1) is 15.1. The Morgan fingerprint density at radius 2 is 1.84 bits per heavy atom. The lowest BCUT2D eigenvalue weighted by Crippen LogP contribution is -2.46. The van der Waals surface area contributed by atoms with Gasteiger partial charge in [-0.25, -0.2) is 9.97 Å². The van der Waals surface area contributed by atoms with E-state index in [0.717, 1.165) is 38.5 Å². The zero-order chi connectivity index (χ0) is 21.6. The van der Waals surface area contributed by atoms with Crippen molar-refractivity contribution in [2.45, 2.75) is 6.54 Å². The monoisotopic (exact) mass is 481 g/mol. The van der Waals surface area contributed by atoms with Crippen LogP contribution < -0.4 is 15.0 Å². The molecule has 0 aliphatic carbocycles. The van der Waals surface area contributed by atoms with Crippen LogP contribution in [0.25, 0.3) is 0 Å². The maximum absolute atomic E-state index is 12.7. The van der Waals surface area contributed by atoms with Crippen molar-refractivity contribution in [2.24, 2.45) is 0 Å². The molecule has 1 aromatic heterocycles. The van der Waals surface area contributed by atoms with Crippen LogP contribution in [-0.4, -0.2) is 54.1 Å². The smallest absolute Gasteiger partial charge is 0.258 e. The molecule has 160 valence electrons. The summed E-state index contributed by atoms with van der Waals surface area (Å²) in [6, 6.07) is 17.6. The van der Waals surface area contributed by atoms with Crippen molar-refractivity contribution in [2.75, 3.05) is 43.5 Å². The van der Waals surface area contributed by atoms with Crippen molar-refractivity contribution in [3.05, 3.63) is 76.5 Å². The highest BCUT2D eigenvalue weighted by molar-refractivity contribution is 9.10. The Morgan fingerprint density at radius 1 is 1.06 bits per heavy atom. The number of methoxy groups -OCH3 is 1. The second-order valence-electron chi connectivity index (χ2n) is 7.31. The summed E-state index contributed by atoms with van der Waals surface area (Å²) in [5.41, 5.74) is 1.81. The third-order valence-corrected chi connectivity index (χ3v) is 5.95. The van der Waals surface area contributed by atoms with Gasteiger partial charge >= 0.3 is 0 Å². The molecule has 0 unspecified atom stereocenters. The first kappa shape index (κ1) is 21.3. The molecule has 8 heteroatoms. The molecule has 3 aromatic rings. The van der Waals surface area contributed by atoms with Gasteiger partial charge in [0.05, 0.1) is 12.7 Å². The molecule has 4 rings (SSSR count). The maximum atomic E-state index is 12.7. The summed E-state index contributed by atoms with van der Waals surface area (Å²) in [5, 5.41) is 2.86. The normalized spacial score (nSPS) is 14.3. The Labute approximate surface area is 190 Å². The molecule has 1 fully saturated rings. The Hall–Kier alpha value is -2.97. The highest BCUT2D eigenvalue weighted by atomic mass is 79.9. The van der Waals surface area contributed by atoms with E-state index in [1.807, 2.05) is 12.1 Å². The zero-order valence-electron chi connectivity index (χ0n) is 17.3. The predicted molar refractivity (Wildman–Crippen MR) is 125 cm³/mol. The molecule has 31 heavy (non-hydrogen) atoms. The SMILES string of the molecule is COc1ccc(Br)c(C(=O)Nc2cc(N3CCN(Cc4ccccc4)CC3)ncn2)c1. The molecule has 1 N–H and O–H groups in total. The van der Waals surface area contributed by atoms with Crippen molar-refractivity contribution >= 4 is 33.5 Å². The van der Waals surface area contributed by atoms with Gasteiger partial charge in [-0.15, -0.1) is 0 Å². The van der Waals surface area contributed by atoms with Crippen LogP contribution in [0.1, 0.15) is 15.9 Å². The van der Waals surface area contributed by atoms with Crippen LogP contribution in [0.15, 0.2) is 65.4 Å². The second-order valence-corrected chi connectivity index (χ2v) is 8.16. The van der Waals surface area contributed by atoms with Crippen LogP contribution in [-0.2, 0) is 6.54 Å². The highest BCUT2D eigenvalue weighted by Gasteiger charge is 2.19. The van der Waals surface area contributed by atoms with Crippen molar-refractivity contribution in [3.8, 4) is 5.75 Å². The molecule has 0 saturated carbocycles. The van der Waals surface area contributed by atoms with Crippen LogP contribution in [0, 0.1) is 0 Å². The Bertz CT molecular complexity index is 1040. The lowest BCUT2D eigenvalue weighted by Gasteiger charge is -2.35. The standard InChI is InChI=1S/C23H24BrN5O2/c1-31-18-7-8-20(24)19(13-18)23(30)27-21-14-22(26-16-25-21)29-11-9-28(10-12-29)15-17-5-3-2-4-6-17/h2-8,13-14,16H,9-12,15H2,1H3,(H,25,26,27,30). The first-order valence-electron chi connectivity index (χ1n) is 10.1. The molecule has 1 aliphatic rings. The fourth-order valence-corrected chi connectivity index (χ4v) is 3.98. The molecule has 2 heterocycles. The quantitative estimate of drug-likeness (QED) is 0.576. The minimum atomic E-state index is -0.261. The molecule has 0 spiro atoms. The lowest BCUT2D eigenvalue weighted by atomic mass is 10.2. The summed E-state index contributed by atoms with van der Waals surface area (Å²) < 4.78 is 5.91. The molecule has 0 atom stereocenters. The number of aromatic nitrogens is 2. The number of piperazine rings is 1. The largest absolute Gasteiger partial charge is 0.497 e. The molecule has 1 saturated heterocycles. The number of amides is 1. The minimum Gasteiger partial charge on any atom is -0.497 e. The number of carbonyl (C=O) groups is 1. The van der Waals surface area contributed by atoms with Gasteiger partial charge in [0.2, 0.25) is 0 Å². The van der Waals surface area contributed by atoms with Crippen LogP contribution in [0.5, 0.6) is 5.75 Å². The third kappa shape index (κ3) is 5.39. The average Bonchev–Trinajstić information content (AvgIpc) is 2.81. The van der Waals surface area contributed by atoms with Crippen molar-refractivity contribution in [1.29, 1.82) is 0 Å². The third-order valence-electron chi connectivity index (χ3n) is 5.26. The number of benzene rings is 2. The summed E-state index contributed by atoms with van der Waals surface area (Å²) in [5.74, 6) is 1.64.